The number of likely N-dealkylation sites (N-methyl/N-ethyl adjacent to an activating group) is 1. The molecule has 4 rings (SSSR count). The summed E-state index contributed by atoms with van der Waals surface area (Å²) in [6.45, 7) is 14.8. The van der Waals surface area contributed by atoms with Crippen LogP contribution in [0.1, 0.15) is 94.4 Å². The van der Waals surface area contributed by atoms with E-state index in [2.05, 4.69) is 0 Å². The molecular formula is C38H67NO13. The van der Waals surface area contributed by atoms with Crippen LogP contribution in [0.2, 0.25) is 0 Å². The lowest BCUT2D eigenvalue weighted by Gasteiger charge is -2.49. The Balaban J connectivity index is 1.82. The minimum Gasteiger partial charge on any atom is -0.459 e. The number of esters is 1. The number of aliphatic hydroxyl groups is 5. The fourth-order valence-corrected chi connectivity index (χ4v) is 8.85. The van der Waals surface area contributed by atoms with Crippen LogP contribution in [0.15, 0.2) is 0 Å². The van der Waals surface area contributed by atoms with Crippen LogP contribution >= 0.6 is 0 Å². The topological polar surface area (TPSA) is 194 Å². The molecule has 1 aliphatic carbocycles. The minimum atomic E-state index is -1.96. The number of rotatable bonds is 7. The van der Waals surface area contributed by atoms with Crippen molar-refractivity contribution in [3.05, 3.63) is 0 Å². The Morgan fingerprint density at radius 3 is 2.02 bits per heavy atom. The number of hydrogen-bond donors (Lipinski definition) is 5. The summed E-state index contributed by atoms with van der Waals surface area (Å²) in [4.78, 5) is 30.0. The van der Waals surface area contributed by atoms with Crippen LogP contribution in [-0.4, -0.2) is 148 Å². The van der Waals surface area contributed by atoms with Gasteiger partial charge in [-0.15, -0.1) is 0 Å². The molecule has 0 amide bonds. The van der Waals surface area contributed by atoms with Gasteiger partial charge in [-0.1, -0.05) is 20.8 Å². The fourth-order valence-electron chi connectivity index (χ4n) is 8.85. The highest BCUT2D eigenvalue weighted by molar-refractivity contribution is 5.83. The first-order valence-corrected chi connectivity index (χ1v) is 19.0. The lowest BCUT2D eigenvalue weighted by molar-refractivity contribution is -0.318. The average Bonchev–Trinajstić information content (AvgIpc) is 3.91. The van der Waals surface area contributed by atoms with E-state index in [9.17, 15) is 35.1 Å². The van der Waals surface area contributed by atoms with Crippen LogP contribution < -0.4 is 0 Å². The number of ether oxygens (including phenoxy) is 6. The summed E-state index contributed by atoms with van der Waals surface area (Å²) in [5, 5.41) is 58.1. The molecule has 0 unspecified atom stereocenters. The Labute approximate surface area is 309 Å². The summed E-state index contributed by atoms with van der Waals surface area (Å²) in [6, 6.07) is -0.321. The van der Waals surface area contributed by atoms with Gasteiger partial charge in [-0.25, -0.2) is 0 Å². The zero-order valence-electron chi connectivity index (χ0n) is 33.2. The summed E-state index contributed by atoms with van der Waals surface area (Å²) < 4.78 is 37.4. The van der Waals surface area contributed by atoms with Crippen LogP contribution in [0, 0.1) is 29.6 Å². The second-order valence-electron chi connectivity index (χ2n) is 17.3. The van der Waals surface area contributed by atoms with Gasteiger partial charge in [0.05, 0.1) is 47.6 Å². The Hall–Kier alpha value is -1.30. The number of nitrogens with zero attached hydrogens (tertiary/aromatic N) is 1. The summed E-state index contributed by atoms with van der Waals surface area (Å²) in [5.74, 6) is -5.09. The van der Waals surface area contributed by atoms with E-state index in [1.54, 1.807) is 34.6 Å². The van der Waals surface area contributed by atoms with Crippen molar-refractivity contribution >= 4 is 11.8 Å². The Morgan fingerprint density at radius 1 is 0.846 bits per heavy atom. The van der Waals surface area contributed by atoms with Gasteiger partial charge in [0.1, 0.15) is 29.7 Å². The standard InChI is InChI=1S/C38H67NO13/c1-18-16-36(7,45)32(52-35-28(41)25(39(10)11)15-19(2)48-35)21(4)29(50-26-17-37(8,47-12)31(43)23(6)49-26)22(5)34(44)51-33(24-13-14-24)38(9,46)30(42)20(3)27(18)40/h18-26,28-33,35,41-43,45-46H,13-17H2,1-12H3/t18-,19-,20+,21+,22-,23+,25+,26+,28-,29+,30-,31+,32-,33-,35+,36-,37-,38+/m1/s1. The molecule has 302 valence electrons. The van der Waals surface area contributed by atoms with E-state index in [4.69, 9.17) is 28.4 Å². The highest BCUT2D eigenvalue weighted by Gasteiger charge is 2.55. The van der Waals surface area contributed by atoms with Gasteiger partial charge < -0.3 is 58.9 Å². The van der Waals surface area contributed by atoms with E-state index < -0.39 is 108 Å². The number of ketones is 1. The van der Waals surface area contributed by atoms with Crippen molar-refractivity contribution in [3.63, 3.8) is 0 Å². The van der Waals surface area contributed by atoms with E-state index in [0.29, 0.717) is 19.3 Å². The van der Waals surface area contributed by atoms with E-state index in [-0.39, 0.29) is 30.9 Å². The summed E-state index contributed by atoms with van der Waals surface area (Å²) >= 11 is 0. The number of carbonyl (C=O) groups is 2. The lowest BCUT2D eigenvalue weighted by Crippen LogP contribution is -2.61. The van der Waals surface area contributed by atoms with E-state index in [1.807, 2.05) is 25.9 Å². The molecule has 0 bridgehead atoms. The molecule has 5 N–H and O–H groups in total. The maximum Gasteiger partial charge on any atom is 0.311 e. The van der Waals surface area contributed by atoms with E-state index in [0.717, 1.165) is 0 Å². The quantitative estimate of drug-likeness (QED) is 0.237. The maximum atomic E-state index is 14.2. The minimum absolute atomic E-state index is 0.101. The first-order chi connectivity index (χ1) is 24.0. The third-order valence-electron chi connectivity index (χ3n) is 12.4. The second kappa shape index (κ2) is 16.4. The summed E-state index contributed by atoms with van der Waals surface area (Å²) in [6.07, 6.45) is -8.33. The van der Waals surface area contributed by atoms with Gasteiger partial charge in [-0.05, 0) is 87.2 Å². The number of hydrogen-bond acceptors (Lipinski definition) is 14. The van der Waals surface area contributed by atoms with Crippen molar-refractivity contribution < 1.29 is 63.5 Å². The molecule has 0 spiro atoms. The van der Waals surface area contributed by atoms with E-state index in [1.165, 1.54) is 27.9 Å². The van der Waals surface area contributed by atoms with Crippen molar-refractivity contribution in [1.82, 2.24) is 4.90 Å². The first-order valence-electron chi connectivity index (χ1n) is 19.0. The van der Waals surface area contributed by atoms with Crippen LogP contribution in [-0.2, 0) is 38.0 Å². The molecular weight excluding hydrogens is 678 g/mol. The molecule has 14 nitrogen and oxygen atoms in total. The van der Waals surface area contributed by atoms with Gasteiger partial charge >= 0.3 is 5.97 Å². The predicted octanol–water partition coefficient (Wildman–Crippen LogP) is 1.79. The number of carbonyl (C=O) groups excluding carboxylic acids is 2. The first kappa shape index (κ1) is 43.4. The monoisotopic (exact) mass is 745 g/mol. The zero-order chi connectivity index (χ0) is 39.2. The summed E-state index contributed by atoms with van der Waals surface area (Å²) in [5.41, 5.74) is -4.80. The second-order valence-corrected chi connectivity index (χ2v) is 17.3. The van der Waals surface area contributed by atoms with Crippen molar-refractivity contribution in [2.45, 2.75) is 179 Å². The molecule has 0 aromatic heterocycles. The summed E-state index contributed by atoms with van der Waals surface area (Å²) in [7, 11) is 5.19. The Bertz CT molecular complexity index is 1230. The highest BCUT2D eigenvalue weighted by atomic mass is 16.7. The highest BCUT2D eigenvalue weighted by Crippen LogP contribution is 2.44. The van der Waals surface area contributed by atoms with Crippen molar-refractivity contribution in [1.29, 1.82) is 0 Å². The van der Waals surface area contributed by atoms with Crippen LogP contribution in [0.25, 0.3) is 0 Å². The number of methoxy groups -OCH3 is 1. The molecule has 3 aliphatic heterocycles. The molecule has 4 aliphatic rings. The molecule has 3 saturated heterocycles. The number of cyclic esters (lactones) is 1. The Kier molecular flexibility index (Phi) is 13.7. The van der Waals surface area contributed by atoms with Gasteiger partial charge in [0.15, 0.2) is 12.6 Å². The SMILES string of the molecule is CO[C@]1(C)C[C@H](O[C@H]2[C@H](C)[C@@H](O[C@@H]3O[C@H](C)C[C@H](N(C)C)[C@H]3O)[C@](C)(O)C[C@@H](C)C(=O)[C@H](C)[C@@H](O)[C@](C)(O)[C@@H](C3CC3)OC(=O)[C@@H]2C)O[C@@H](C)[C@@H]1O. The van der Waals surface area contributed by atoms with Crippen LogP contribution in [0.3, 0.4) is 0 Å². The molecule has 0 radical (unpaired) electrons. The molecule has 4 fully saturated rings. The van der Waals surface area contributed by atoms with Gasteiger partial charge in [-0.2, -0.15) is 0 Å². The molecule has 3 heterocycles. The number of aliphatic hydroxyl groups excluding tert-OH is 3. The molecule has 1 saturated carbocycles. The molecule has 0 aromatic rings. The fraction of sp³-hybridized carbons (Fsp3) is 0.947. The van der Waals surface area contributed by atoms with Gasteiger partial charge in [0, 0.05) is 37.3 Å². The smallest absolute Gasteiger partial charge is 0.311 e. The Morgan fingerprint density at radius 2 is 1.46 bits per heavy atom. The predicted molar refractivity (Wildman–Crippen MR) is 189 cm³/mol. The molecule has 18 atom stereocenters. The van der Waals surface area contributed by atoms with Crippen molar-refractivity contribution in [2.75, 3.05) is 21.2 Å². The van der Waals surface area contributed by atoms with E-state index >= 15 is 0 Å². The van der Waals surface area contributed by atoms with Crippen molar-refractivity contribution in [3.8, 4) is 0 Å². The maximum absolute atomic E-state index is 14.2. The van der Waals surface area contributed by atoms with Gasteiger partial charge in [0.25, 0.3) is 0 Å². The normalized spacial score (nSPS) is 50.5. The molecule has 0 aromatic carbocycles. The average molecular weight is 746 g/mol. The van der Waals surface area contributed by atoms with Gasteiger partial charge in [-0.3, -0.25) is 9.59 Å². The molecule has 14 heteroatoms. The van der Waals surface area contributed by atoms with Crippen LogP contribution in [0.5, 0.6) is 0 Å². The third-order valence-corrected chi connectivity index (χ3v) is 12.4. The van der Waals surface area contributed by atoms with Gasteiger partial charge in [0.2, 0.25) is 0 Å². The largest absolute Gasteiger partial charge is 0.459 e. The van der Waals surface area contributed by atoms with Crippen LogP contribution in [0.4, 0.5) is 0 Å². The zero-order valence-corrected chi connectivity index (χ0v) is 33.2. The molecule has 52 heavy (non-hydrogen) atoms. The third kappa shape index (κ3) is 9.04. The van der Waals surface area contributed by atoms with Crippen molar-refractivity contribution in [2.24, 2.45) is 29.6 Å². The lowest BCUT2D eigenvalue weighted by atomic mass is 9.73. The number of Topliss-reactive ketones (excluding diaryl/α,β-unsaturated/α-hetero) is 1.